The first-order valence-corrected chi connectivity index (χ1v) is 7.35. The highest BCUT2D eigenvalue weighted by Gasteiger charge is 2.55. The van der Waals surface area contributed by atoms with Crippen molar-refractivity contribution in [2.45, 2.75) is 57.9 Å². The molecular formula is C14H25N3O. The van der Waals surface area contributed by atoms with Crippen LogP contribution in [0.15, 0.2) is 0 Å². The van der Waals surface area contributed by atoms with Crippen molar-refractivity contribution in [3.8, 4) is 0 Å². The first-order valence-electron chi connectivity index (χ1n) is 7.35. The number of piperidine rings is 1. The Bertz CT molecular complexity index is 344. The minimum atomic E-state index is 0.0391. The Morgan fingerprint density at radius 2 is 2.06 bits per heavy atom. The van der Waals surface area contributed by atoms with Gasteiger partial charge >= 0.3 is 0 Å². The van der Waals surface area contributed by atoms with Gasteiger partial charge in [0.1, 0.15) is 5.78 Å². The maximum absolute atomic E-state index is 11.8. The number of hydrogen-bond donors (Lipinski definition) is 3. The van der Waals surface area contributed by atoms with Crippen molar-refractivity contribution in [3.05, 3.63) is 0 Å². The van der Waals surface area contributed by atoms with Crippen LogP contribution < -0.4 is 16.0 Å². The van der Waals surface area contributed by atoms with E-state index in [9.17, 15) is 4.79 Å². The molecule has 0 spiro atoms. The first-order chi connectivity index (χ1) is 8.59. The number of ketones is 1. The number of rotatable bonds is 2. The molecule has 3 heterocycles. The lowest BCUT2D eigenvalue weighted by Gasteiger charge is -2.35. The number of fused-ring (bicyclic) bond motifs is 3. The summed E-state index contributed by atoms with van der Waals surface area (Å²) in [6, 6.07) is 1.18. The monoisotopic (exact) mass is 251 g/mol. The number of carbonyl (C=O) groups is 1. The summed E-state index contributed by atoms with van der Waals surface area (Å²) < 4.78 is 0. The van der Waals surface area contributed by atoms with Crippen LogP contribution in [-0.2, 0) is 4.79 Å². The van der Waals surface area contributed by atoms with Crippen LogP contribution in [0.4, 0.5) is 0 Å². The van der Waals surface area contributed by atoms with Crippen molar-refractivity contribution >= 4 is 5.78 Å². The van der Waals surface area contributed by atoms with Gasteiger partial charge in [0, 0.05) is 18.0 Å². The lowest BCUT2D eigenvalue weighted by atomic mass is 9.75. The van der Waals surface area contributed by atoms with Crippen molar-refractivity contribution in [3.63, 3.8) is 0 Å². The summed E-state index contributed by atoms with van der Waals surface area (Å²) in [6.45, 7) is 7.35. The van der Waals surface area contributed by atoms with Crippen molar-refractivity contribution < 1.29 is 4.79 Å². The van der Waals surface area contributed by atoms with Gasteiger partial charge in [-0.3, -0.25) is 15.4 Å². The van der Waals surface area contributed by atoms with Gasteiger partial charge in [-0.05, 0) is 38.1 Å². The Morgan fingerprint density at radius 1 is 1.28 bits per heavy atom. The van der Waals surface area contributed by atoms with Crippen LogP contribution in [0.2, 0.25) is 0 Å². The van der Waals surface area contributed by atoms with Gasteiger partial charge < -0.3 is 5.32 Å². The smallest absolute Gasteiger partial charge is 0.147 e. The average molecular weight is 251 g/mol. The molecule has 0 aromatic heterocycles. The summed E-state index contributed by atoms with van der Waals surface area (Å²) in [6.07, 6.45) is 2.85. The summed E-state index contributed by atoms with van der Waals surface area (Å²) >= 11 is 0. The van der Waals surface area contributed by atoms with Gasteiger partial charge in [-0.2, -0.15) is 0 Å². The van der Waals surface area contributed by atoms with Crippen LogP contribution >= 0.6 is 0 Å². The van der Waals surface area contributed by atoms with Crippen LogP contribution in [0.5, 0.6) is 0 Å². The van der Waals surface area contributed by atoms with E-state index in [4.69, 9.17) is 0 Å². The fourth-order valence-corrected chi connectivity index (χ4v) is 4.42. The Balaban J connectivity index is 1.86. The van der Waals surface area contributed by atoms with E-state index in [-0.39, 0.29) is 11.8 Å². The maximum atomic E-state index is 11.8. The van der Waals surface area contributed by atoms with Gasteiger partial charge in [0.25, 0.3) is 0 Å². The molecule has 0 amide bonds. The molecule has 0 radical (unpaired) electrons. The van der Waals surface area contributed by atoms with Crippen LogP contribution in [0.1, 0.15) is 33.6 Å². The molecule has 3 rings (SSSR count). The molecule has 3 fully saturated rings. The van der Waals surface area contributed by atoms with E-state index < -0.39 is 0 Å². The molecule has 102 valence electrons. The predicted octanol–water partition coefficient (Wildman–Crippen LogP) is 0.486. The SMILES string of the molecule is CC(=O)C1NC2NC3CCCNC3C2C1C(C)C. The average Bonchev–Trinajstić information content (AvgIpc) is 2.83. The van der Waals surface area contributed by atoms with E-state index in [0.29, 0.717) is 36.0 Å². The maximum Gasteiger partial charge on any atom is 0.147 e. The van der Waals surface area contributed by atoms with E-state index in [2.05, 4.69) is 29.8 Å². The molecule has 3 saturated heterocycles. The molecule has 3 aliphatic heterocycles. The summed E-state index contributed by atoms with van der Waals surface area (Å²) in [5.74, 6) is 1.85. The van der Waals surface area contributed by atoms with Gasteiger partial charge in [-0.1, -0.05) is 13.8 Å². The summed E-state index contributed by atoms with van der Waals surface area (Å²) in [7, 11) is 0. The molecule has 6 atom stereocenters. The van der Waals surface area contributed by atoms with Gasteiger partial charge in [0.2, 0.25) is 0 Å². The lowest BCUT2D eigenvalue weighted by Crippen LogP contribution is -2.52. The molecule has 0 saturated carbocycles. The second-order valence-corrected chi connectivity index (χ2v) is 6.53. The van der Waals surface area contributed by atoms with Crippen molar-refractivity contribution in [1.29, 1.82) is 0 Å². The highest BCUT2D eigenvalue weighted by Crippen LogP contribution is 2.41. The Kier molecular flexibility index (Phi) is 3.20. The van der Waals surface area contributed by atoms with Crippen molar-refractivity contribution in [2.75, 3.05) is 6.54 Å². The molecule has 6 unspecified atom stereocenters. The van der Waals surface area contributed by atoms with Gasteiger partial charge in [-0.15, -0.1) is 0 Å². The molecule has 3 N–H and O–H groups in total. The third-order valence-corrected chi connectivity index (χ3v) is 5.09. The quantitative estimate of drug-likeness (QED) is 0.668. The Labute approximate surface area is 109 Å². The summed E-state index contributed by atoms with van der Waals surface area (Å²) in [4.78, 5) is 11.8. The number of carbonyl (C=O) groups excluding carboxylic acids is 1. The minimum absolute atomic E-state index is 0.0391. The van der Waals surface area contributed by atoms with E-state index in [1.807, 2.05) is 0 Å². The van der Waals surface area contributed by atoms with E-state index in [1.165, 1.54) is 12.8 Å². The van der Waals surface area contributed by atoms with Crippen LogP contribution in [0.3, 0.4) is 0 Å². The molecule has 4 nitrogen and oxygen atoms in total. The number of hydrogen-bond acceptors (Lipinski definition) is 4. The van der Waals surface area contributed by atoms with Gasteiger partial charge in [0.05, 0.1) is 12.2 Å². The molecule has 4 heteroatoms. The zero-order chi connectivity index (χ0) is 12.9. The fraction of sp³-hybridized carbons (Fsp3) is 0.929. The standard InChI is InChI=1S/C14H25N3O/c1-7(2)10-11-13-9(5-4-6-15-13)16-14(11)17-12(10)8(3)18/h7,9-17H,4-6H2,1-3H3. The van der Waals surface area contributed by atoms with E-state index in [1.54, 1.807) is 6.92 Å². The third-order valence-electron chi connectivity index (χ3n) is 5.09. The van der Waals surface area contributed by atoms with E-state index >= 15 is 0 Å². The highest BCUT2D eigenvalue weighted by molar-refractivity contribution is 5.82. The van der Waals surface area contributed by atoms with Gasteiger partial charge in [0.15, 0.2) is 0 Å². The number of Topliss-reactive ketones (excluding diaryl/α,β-unsaturated/α-hetero) is 1. The Hall–Kier alpha value is -0.450. The van der Waals surface area contributed by atoms with Crippen molar-refractivity contribution in [1.82, 2.24) is 16.0 Å². The lowest BCUT2D eigenvalue weighted by molar-refractivity contribution is -0.120. The molecule has 0 bridgehead atoms. The largest absolute Gasteiger partial charge is 0.312 e. The highest BCUT2D eigenvalue weighted by atomic mass is 16.1. The Morgan fingerprint density at radius 3 is 2.72 bits per heavy atom. The van der Waals surface area contributed by atoms with Crippen LogP contribution in [0.25, 0.3) is 0 Å². The molecule has 0 aromatic rings. The fourth-order valence-electron chi connectivity index (χ4n) is 4.42. The van der Waals surface area contributed by atoms with Crippen LogP contribution in [-0.4, -0.2) is 36.6 Å². The molecular weight excluding hydrogens is 226 g/mol. The van der Waals surface area contributed by atoms with Gasteiger partial charge in [-0.25, -0.2) is 0 Å². The molecule has 0 aliphatic carbocycles. The zero-order valence-electron chi connectivity index (χ0n) is 11.6. The van der Waals surface area contributed by atoms with Crippen LogP contribution in [0, 0.1) is 17.8 Å². The topological polar surface area (TPSA) is 53.2 Å². The second kappa shape index (κ2) is 4.58. The number of nitrogens with one attached hydrogen (secondary N) is 3. The predicted molar refractivity (Wildman–Crippen MR) is 71.2 cm³/mol. The molecule has 3 aliphatic rings. The van der Waals surface area contributed by atoms with E-state index in [0.717, 1.165) is 6.54 Å². The first kappa shape index (κ1) is 12.6. The summed E-state index contributed by atoms with van der Waals surface area (Å²) in [5, 5.41) is 10.9. The normalized spacial score (nSPS) is 47.1. The zero-order valence-corrected chi connectivity index (χ0v) is 11.6. The second-order valence-electron chi connectivity index (χ2n) is 6.53. The third kappa shape index (κ3) is 1.82. The molecule has 18 heavy (non-hydrogen) atoms. The summed E-state index contributed by atoms with van der Waals surface area (Å²) in [5.41, 5.74) is 0. The molecule has 0 aromatic carbocycles. The minimum Gasteiger partial charge on any atom is -0.312 e. The van der Waals surface area contributed by atoms with Crippen molar-refractivity contribution in [2.24, 2.45) is 17.8 Å².